The van der Waals surface area contributed by atoms with E-state index < -0.39 is 0 Å². The number of anilines is 1. The van der Waals surface area contributed by atoms with Crippen molar-refractivity contribution in [2.24, 2.45) is 34.2 Å². The molecule has 0 aromatic heterocycles. The molecule has 2 saturated carbocycles. The van der Waals surface area contributed by atoms with Crippen LogP contribution in [0.4, 0.5) is 5.69 Å². The number of benzene rings is 1. The number of carbonyl (C=O) groups is 2. The van der Waals surface area contributed by atoms with E-state index in [4.69, 9.17) is 0 Å². The molecule has 3 fully saturated rings. The van der Waals surface area contributed by atoms with Crippen molar-refractivity contribution in [2.45, 2.75) is 12.8 Å². The van der Waals surface area contributed by atoms with Crippen LogP contribution in [0.5, 0.6) is 0 Å². The Morgan fingerprint density at radius 3 is 2.27 bits per heavy atom. The Morgan fingerprint density at radius 2 is 1.77 bits per heavy atom. The van der Waals surface area contributed by atoms with Crippen LogP contribution in [0, 0.1) is 29.1 Å². The second-order valence-corrected chi connectivity index (χ2v) is 8.91. The number of rotatable bonds is 3. The minimum atomic E-state index is -0.194. The first-order chi connectivity index (χ1) is 12.4. The SMILES string of the molecule is CN(C)c1ccc(/C=N\N2C(=O)[C@@H]3[C@H](C2=O)[C@@H]2C=C[C@@H]3C23CC3)cc1Br. The molecule has 5 rings (SSSR count). The second kappa shape index (κ2) is 5.28. The monoisotopic (exact) mass is 413 g/mol. The van der Waals surface area contributed by atoms with Gasteiger partial charge in [0, 0.05) is 18.6 Å². The Kier molecular flexibility index (Phi) is 3.30. The molecule has 5 nitrogen and oxygen atoms in total. The Labute approximate surface area is 160 Å². The Balaban J connectivity index is 1.39. The molecule has 2 bridgehead atoms. The third-order valence-electron chi connectivity index (χ3n) is 6.61. The van der Waals surface area contributed by atoms with Gasteiger partial charge < -0.3 is 4.90 Å². The van der Waals surface area contributed by atoms with Gasteiger partial charge in [-0.1, -0.05) is 18.2 Å². The predicted octanol–water partition coefficient (Wildman–Crippen LogP) is 3.05. The molecular formula is C20H20BrN3O2. The molecule has 1 aromatic carbocycles. The minimum Gasteiger partial charge on any atom is -0.377 e. The van der Waals surface area contributed by atoms with E-state index in [9.17, 15) is 9.59 Å². The van der Waals surface area contributed by atoms with Crippen LogP contribution in [0.3, 0.4) is 0 Å². The van der Waals surface area contributed by atoms with Crippen molar-refractivity contribution in [3.8, 4) is 0 Å². The molecule has 4 atom stereocenters. The lowest BCUT2D eigenvalue weighted by Crippen LogP contribution is -2.30. The van der Waals surface area contributed by atoms with Crippen molar-refractivity contribution in [2.75, 3.05) is 19.0 Å². The van der Waals surface area contributed by atoms with Crippen molar-refractivity contribution in [1.82, 2.24) is 5.01 Å². The minimum absolute atomic E-state index is 0.122. The molecule has 26 heavy (non-hydrogen) atoms. The fourth-order valence-electron chi connectivity index (χ4n) is 5.27. The molecule has 134 valence electrons. The Hall–Kier alpha value is -1.95. The molecule has 1 heterocycles. The molecule has 1 saturated heterocycles. The normalized spacial score (nSPS) is 33.0. The second-order valence-electron chi connectivity index (χ2n) is 8.06. The molecule has 1 aliphatic heterocycles. The summed E-state index contributed by atoms with van der Waals surface area (Å²) >= 11 is 3.55. The topological polar surface area (TPSA) is 53.0 Å². The number of halogens is 1. The van der Waals surface area contributed by atoms with Crippen LogP contribution in [0.2, 0.25) is 0 Å². The first-order valence-corrected chi connectivity index (χ1v) is 9.80. The molecule has 3 aliphatic carbocycles. The van der Waals surface area contributed by atoms with Gasteiger partial charge in [-0.2, -0.15) is 10.1 Å². The zero-order valence-corrected chi connectivity index (χ0v) is 16.3. The third kappa shape index (κ3) is 1.99. The maximum Gasteiger partial charge on any atom is 0.254 e. The van der Waals surface area contributed by atoms with Crippen LogP contribution in [-0.2, 0) is 9.59 Å². The number of allylic oxidation sites excluding steroid dienone is 2. The Morgan fingerprint density at radius 1 is 1.15 bits per heavy atom. The van der Waals surface area contributed by atoms with Crippen LogP contribution in [0.15, 0.2) is 39.9 Å². The molecule has 4 aliphatic rings. The van der Waals surface area contributed by atoms with Crippen molar-refractivity contribution < 1.29 is 9.59 Å². The van der Waals surface area contributed by atoms with E-state index in [0.29, 0.717) is 0 Å². The van der Waals surface area contributed by atoms with Gasteiger partial charge in [-0.05, 0) is 63.7 Å². The largest absolute Gasteiger partial charge is 0.377 e. The summed E-state index contributed by atoms with van der Waals surface area (Å²) in [5.74, 6) is -0.156. The van der Waals surface area contributed by atoms with Crippen molar-refractivity contribution in [3.63, 3.8) is 0 Å². The molecule has 2 amide bonds. The smallest absolute Gasteiger partial charge is 0.254 e. The summed E-state index contributed by atoms with van der Waals surface area (Å²) in [5, 5.41) is 5.38. The number of fused-ring (bicyclic) bond motifs is 3. The van der Waals surface area contributed by atoms with Gasteiger partial charge in [-0.25, -0.2) is 0 Å². The molecule has 1 aromatic rings. The number of nitrogens with zero attached hydrogens (tertiary/aromatic N) is 3. The molecular weight excluding hydrogens is 394 g/mol. The lowest BCUT2D eigenvalue weighted by atomic mass is 9.85. The zero-order valence-electron chi connectivity index (χ0n) is 14.7. The van der Waals surface area contributed by atoms with E-state index in [1.807, 2.05) is 37.2 Å². The average Bonchev–Trinajstić information content (AvgIpc) is 3.20. The van der Waals surface area contributed by atoms with Crippen molar-refractivity contribution in [1.29, 1.82) is 0 Å². The number of hydrogen-bond donors (Lipinski definition) is 0. The molecule has 0 N–H and O–H groups in total. The van der Waals surface area contributed by atoms with Crippen molar-refractivity contribution in [3.05, 3.63) is 40.4 Å². The number of imide groups is 1. The fourth-order valence-corrected chi connectivity index (χ4v) is 6.02. The molecule has 1 spiro atoms. The van der Waals surface area contributed by atoms with E-state index in [2.05, 4.69) is 33.2 Å². The van der Waals surface area contributed by atoms with Crippen LogP contribution < -0.4 is 4.90 Å². The summed E-state index contributed by atoms with van der Waals surface area (Å²) in [4.78, 5) is 27.8. The van der Waals surface area contributed by atoms with E-state index in [0.717, 1.165) is 33.6 Å². The summed E-state index contributed by atoms with van der Waals surface area (Å²) in [6, 6.07) is 5.85. The van der Waals surface area contributed by atoms with Crippen LogP contribution in [0.1, 0.15) is 18.4 Å². The van der Waals surface area contributed by atoms with Crippen LogP contribution in [0.25, 0.3) is 0 Å². The fraction of sp³-hybridized carbons (Fsp3) is 0.450. The van der Waals surface area contributed by atoms with Gasteiger partial charge in [0.05, 0.1) is 23.7 Å². The highest BCUT2D eigenvalue weighted by Gasteiger charge is 2.73. The lowest BCUT2D eigenvalue weighted by molar-refractivity contribution is -0.141. The van der Waals surface area contributed by atoms with Gasteiger partial charge >= 0.3 is 0 Å². The number of hydrazone groups is 1. The van der Waals surface area contributed by atoms with Crippen LogP contribution in [-0.4, -0.2) is 37.1 Å². The van der Waals surface area contributed by atoms with E-state index in [1.54, 1.807) is 6.21 Å². The first-order valence-electron chi connectivity index (χ1n) is 9.01. The van der Waals surface area contributed by atoms with Gasteiger partial charge in [0.25, 0.3) is 11.8 Å². The van der Waals surface area contributed by atoms with Crippen molar-refractivity contribution >= 4 is 39.6 Å². The molecule has 0 unspecified atom stereocenters. The lowest BCUT2D eigenvalue weighted by Gasteiger charge is -2.18. The molecule has 6 heteroatoms. The number of hydrogen-bond acceptors (Lipinski definition) is 4. The number of carbonyl (C=O) groups excluding carboxylic acids is 2. The third-order valence-corrected chi connectivity index (χ3v) is 7.24. The number of amides is 2. The van der Waals surface area contributed by atoms with Crippen LogP contribution >= 0.6 is 15.9 Å². The summed E-state index contributed by atoms with van der Waals surface area (Å²) in [6.45, 7) is 0. The van der Waals surface area contributed by atoms with Gasteiger partial charge in [0.15, 0.2) is 0 Å². The average molecular weight is 414 g/mol. The van der Waals surface area contributed by atoms with E-state index in [1.165, 1.54) is 0 Å². The highest BCUT2D eigenvalue weighted by Crippen LogP contribution is 2.73. The standard InChI is InChI=1S/C20H20BrN3O2/c1-23(2)15-6-3-11(9-14(15)21)10-22-24-18(25)16-12-4-5-13(17(16)19(24)26)20(12)7-8-20/h3-6,9-10,12-13,16-17H,7-8H2,1-2H3/b22-10-/t12-,13-,16-,17+/m0/s1. The summed E-state index contributed by atoms with van der Waals surface area (Å²) in [6.07, 6.45) is 8.25. The quantitative estimate of drug-likeness (QED) is 0.434. The van der Waals surface area contributed by atoms with Gasteiger partial charge in [0.2, 0.25) is 0 Å². The van der Waals surface area contributed by atoms with Gasteiger partial charge in [-0.15, -0.1) is 0 Å². The summed E-state index contributed by atoms with van der Waals surface area (Å²) in [5.41, 5.74) is 2.13. The highest BCUT2D eigenvalue weighted by molar-refractivity contribution is 9.10. The summed E-state index contributed by atoms with van der Waals surface area (Å²) in [7, 11) is 3.95. The van der Waals surface area contributed by atoms with E-state index in [-0.39, 0.29) is 40.9 Å². The molecule has 0 radical (unpaired) electrons. The van der Waals surface area contributed by atoms with Gasteiger partial charge in [-0.3, -0.25) is 9.59 Å². The maximum absolute atomic E-state index is 12.9. The zero-order chi connectivity index (χ0) is 18.2. The Bertz CT molecular complexity index is 853. The summed E-state index contributed by atoms with van der Waals surface area (Å²) < 4.78 is 0.945. The van der Waals surface area contributed by atoms with Gasteiger partial charge in [0.1, 0.15) is 0 Å². The first kappa shape index (κ1) is 16.2. The van der Waals surface area contributed by atoms with E-state index >= 15 is 0 Å². The predicted molar refractivity (Wildman–Crippen MR) is 103 cm³/mol. The highest BCUT2D eigenvalue weighted by atomic mass is 79.9. The maximum atomic E-state index is 12.9.